The summed E-state index contributed by atoms with van der Waals surface area (Å²) in [5, 5.41) is 11.6. The van der Waals surface area contributed by atoms with Crippen molar-refractivity contribution in [3.63, 3.8) is 0 Å². The van der Waals surface area contributed by atoms with Gasteiger partial charge in [0, 0.05) is 39.8 Å². The number of likely N-dealkylation sites (N-methyl/N-ethyl adjacent to an activating group) is 2. The molecule has 4 heteroatoms. The molecule has 4 nitrogen and oxygen atoms in total. The lowest BCUT2D eigenvalue weighted by Gasteiger charge is -2.32. The molecule has 18 heavy (non-hydrogen) atoms. The van der Waals surface area contributed by atoms with Gasteiger partial charge in [0.2, 0.25) is 0 Å². The van der Waals surface area contributed by atoms with E-state index in [-0.39, 0.29) is 0 Å². The first-order chi connectivity index (χ1) is 8.76. The van der Waals surface area contributed by atoms with Crippen LogP contribution < -0.4 is 10.6 Å². The Bertz CT molecular complexity index is 164. The van der Waals surface area contributed by atoms with Gasteiger partial charge in [-0.3, -0.25) is 0 Å². The van der Waals surface area contributed by atoms with Crippen LogP contribution in [0.1, 0.15) is 39.5 Å². The summed E-state index contributed by atoms with van der Waals surface area (Å²) < 4.78 is 0. The van der Waals surface area contributed by atoms with Gasteiger partial charge in [0.25, 0.3) is 0 Å². The molecule has 0 heterocycles. The molecule has 0 saturated heterocycles. The normalized spacial score (nSPS) is 11.7. The van der Waals surface area contributed by atoms with Crippen LogP contribution in [0.25, 0.3) is 0 Å². The fourth-order valence-electron chi connectivity index (χ4n) is 1.84. The van der Waals surface area contributed by atoms with Gasteiger partial charge in [-0.1, -0.05) is 26.7 Å². The summed E-state index contributed by atoms with van der Waals surface area (Å²) in [6.07, 6.45) is 5.09. The lowest BCUT2D eigenvalue weighted by Crippen LogP contribution is -2.46. The van der Waals surface area contributed by atoms with Gasteiger partial charge in [0.1, 0.15) is 0 Å². The van der Waals surface area contributed by atoms with Crippen molar-refractivity contribution >= 4 is 0 Å². The number of hydrogen-bond donors (Lipinski definition) is 2. The van der Waals surface area contributed by atoms with Gasteiger partial charge in [-0.25, -0.2) is 10.0 Å². The third kappa shape index (κ3) is 9.83. The molecule has 0 saturated carbocycles. The Morgan fingerprint density at radius 2 is 1.56 bits per heavy atom. The standard InChI is InChI=1S/C14H34N4/c1-5-7-9-16-11-14-18(12-8-6-2)17(4)13-10-15-3/h15-16H,5-14H2,1-4H3. The molecule has 0 aromatic rings. The Labute approximate surface area is 114 Å². The highest BCUT2D eigenvalue weighted by Gasteiger charge is 2.09. The first kappa shape index (κ1) is 17.8. The van der Waals surface area contributed by atoms with E-state index < -0.39 is 0 Å². The molecular formula is C14H34N4. The maximum Gasteiger partial charge on any atom is 0.0258 e. The van der Waals surface area contributed by atoms with E-state index in [2.05, 4.69) is 41.5 Å². The Morgan fingerprint density at radius 1 is 0.833 bits per heavy atom. The van der Waals surface area contributed by atoms with Crippen molar-refractivity contribution in [1.29, 1.82) is 0 Å². The van der Waals surface area contributed by atoms with E-state index in [0.717, 1.165) is 32.7 Å². The minimum absolute atomic E-state index is 1.04. The lowest BCUT2D eigenvalue weighted by molar-refractivity contribution is 0.000942. The minimum Gasteiger partial charge on any atom is -0.318 e. The highest BCUT2D eigenvalue weighted by molar-refractivity contribution is 4.59. The SMILES string of the molecule is CCCCNCCN(CCCC)N(C)CCNC. The maximum absolute atomic E-state index is 3.52. The van der Waals surface area contributed by atoms with Gasteiger partial charge in [-0.05, 0) is 26.4 Å². The minimum atomic E-state index is 1.04. The maximum atomic E-state index is 3.52. The van der Waals surface area contributed by atoms with E-state index in [1.807, 2.05) is 7.05 Å². The summed E-state index contributed by atoms with van der Waals surface area (Å²) in [5.41, 5.74) is 0. The highest BCUT2D eigenvalue weighted by atomic mass is 15.6. The van der Waals surface area contributed by atoms with Gasteiger partial charge in [-0.2, -0.15) is 0 Å². The summed E-state index contributed by atoms with van der Waals surface area (Å²) in [6.45, 7) is 11.1. The van der Waals surface area contributed by atoms with E-state index >= 15 is 0 Å². The summed E-state index contributed by atoms with van der Waals surface area (Å²) in [4.78, 5) is 0. The largest absolute Gasteiger partial charge is 0.318 e. The second kappa shape index (κ2) is 13.3. The van der Waals surface area contributed by atoms with Crippen LogP contribution in [-0.4, -0.2) is 63.4 Å². The van der Waals surface area contributed by atoms with Gasteiger partial charge in [-0.15, -0.1) is 0 Å². The molecule has 0 rings (SSSR count). The molecule has 2 N–H and O–H groups in total. The van der Waals surface area contributed by atoms with Crippen molar-refractivity contribution in [2.45, 2.75) is 39.5 Å². The quantitative estimate of drug-likeness (QED) is 0.388. The van der Waals surface area contributed by atoms with E-state index in [1.165, 1.54) is 32.2 Å². The number of hydrogen-bond acceptors (Lipinski definition) is 4. The van der Waals surface area contributed by atoms with E-state index in [0.29, 0.717) is 0 Å². The van der Waals surface area contributed by atoms with Gasteiger partial charge in [0.15, 0.2) is 0 Å². The number of unbranched alkanes of at least 4 members (excludes halogenated alkanes) is 2. The van der Waals surface area contributed by atoms with Crippen LogP contribution in [0.3, 0.4) is 0 Å². The van der Waals surface area contributed by atoms with E-state index in [4.69, 9.17) is 0 Å². The third-order valence-electron chi connectivity index (χ3n) is 3.19. The molecule has 0 atom stereocenters. The van der Waals surface area contributed by atoms with Crippen LogP contribution in [0.2, 0.25) is 0 Å². The highest BCUT2D eigenvalue weighted by Crippen LogP contribution is 1.98. The van der Waals surface area contributed by atoms with Crippen molar-refractivity contribution in [2.24, 2.45) is 0 Å². The van der Waals surface area contributed by atoms with E-state index in [1.54, 1.807) is 0 Å². The summed E-state index contributed by atoms with van der Waals surface area (Å²) >= 11 is 0. The van der Waals surface area contributed by atoms with Crippen LogP contribution in [-0.2, 0) is 0 Å². The molecule has 0 fully saturated rings. The summed E-state index contributed by atoms with van der Waals surface area (Å²) in [6, 6.07) is 0. The zero-order valence-electron chi connectivity index (χ0n) is 13.0. The van der Waals surface area contributed by atoms with Crippen LogP contribution >= 0.6 is 0 Å². The number of hydrazine groups is 1. The molecular weight excluding hydrogens is 224 g/mol. The fraction of sp³-hybridized carbons (Fsp3) is 1.00. The molecule has 0 bridgehead atoms. The summed E-state index contributed by atoms with van der Waals surface area (Å²) in [7, 11) is 4.20. The predicted octanol–water partition coefficient (Wildman–Crippen LogP) is 1.54. The zero-order chi connectivity index (χ0) is 13.6. The topological polar surface area (TPSA) is 30.5 Å². The van der Waals surface area contributed by atoms with Crippen LogP contribution in [0, 0.1) is 0 Å². The molecule has 0 unspecified atom stereocenters. The Morgan fingerprint density at radius 3 is 2.17 bits per heavy atom. The second-order valence-corrected chi connectivity index (χ2v) is 4.90. The lowest BCUT2D eigenvalue weighted by atomic mass is 10.3. The fourth-order valence-corrected chi connectivity index (χ4v) is 1.84. The van der Waals surface area contributed by atoms with Crippen LogP contribution in [0.15, 0.2) is 0 Å². The number of nitrogens with zero attached hydrogens (tertiary/aromatic N) is 2. The monoisotopic (exact) mass is 258 g/mol. The van der Waals surface area contributed by atoms with Crippen molar-refractivity contribution in [3.05, 3.63) is 0 Å². The van der Waals surface area contributed by atoms with Crippen molar-refractivity contribution in [1.82, 2.24) is 20.7 Å². The average Bonchev–Trinajstić information content (AvgIpc) is 2.39. The Hall–Kier alpha value is -0.160. The molecule has 0 radical (unpaired) electrons. The summed E-state index contributed by atoms with van der Waals surface area (Å²) in [5.74, 6) is 0. The first-order valence-electron chi connectivity index (χ1n) is 7.57. The van der Waals surface area contributed by atoms with Gasteiger partial charge in [0.05, 0.1) is 0 Å². The van der Waals surface area contributed by atoms with Crippen LogP contribution in [0.4, 0.5) is 0 Å². The van der Waals surface area contributed by atoms with Crippen LogP contribution in [0.5, 0.6) is 0 Å². The molecule has 0 amide bonds. The predicted molar refractivity (Wildman–Crippen MR) is 80.8 cm³/mol. The smallest absolute Gasteiger partial charge is 0.0258 e. The molecule has 0 aliphatic heterocycles. The van der Waals surface area contributed by atoms with Gasteiger partial charge < -0.3 is 10.6 Å². The Balaban J connectivity index is 3.82. The first-order valence-corrected chi connectivity index (χ1v) is 7.57. The van der Waals surface area contributed by atoms with Gasteiger partial charge >= 0.3 is 0 Å². The number of rotatable bonds is 13. The molecule has 0 spiro atoms. The molecule has 0 aromatic heterocycles. The molecule has 0 aliphatic carbocycles. The van der Waals surface area contributed by atoms with Crippen molar-refractivity contribution in [3.8, 4) is 0 Å². The van der Waals surface area contributed by atoms with Crippen molar-refractivity contribution < 1.29 is 0 Å². The molecule has 0 aromatic carbocycles. The molecule has 110 valence electrons. The Kier molecular flexibility index (Phi) is 13.2. The molecule has 0 aliphatic rings. The second-order valence-electron chi connectivity index (χ2n) is 4.90. The van der Waals surface area contributed by atoms with Crippen molar-refractivity contribution in [2.75, 3.05) is 53.4 Å². The number of nitrogens with one attached hydrogen (secondary N) is 2. The average molecular weight is 258 g/mol. The zero-order valence-corrected chi connectivity index (χ0v) is 13.0. The third-order valence-corrected chi connectivity index (χ3v) is 3.19. The van der Waals surface area contributed by atoms with E-state index in [9.17, 15) is 0 Å².